The van der Waals surface area contributed by atoms with Crippen LogP contribution in [0.5, 0.6) is 0 Å². The minimum atomic E-state index is -0.231. The summed E-state index contributed by atoms with van der Waals surface area (Å²) < 4.78 is 7.02. The van der Waals surface area contributed by atoms with E-state index in [4.69, 9.17) is 4.74 Å². The molecule has 0 spiro atoms. The van der Waals surface area contributed by atoms with Crippen LogP contribution in [0.1, 0.15) is 37.0 Å². The molecule has 0 unspecified atom stereocenters. The van der Waals surface area contributed by atoms with Crippen molar-refractivity contribution in [3.8, 4) is 0 Å². The summed E-state index contributed by atoms with van der Waals surface area (Å²) in [6, 6.07) is 2.03. The van der Waals surface area contributed by atoms with Crippen molar-refractivity contribution < 1.29 is 9.53 Å². The molecule has 1 aliphatic rings. The summed E-state index contributed by atoms with van der Waals surface area (Å²) in [6.07, 6.45) is 5.25. The van der Waals surface area contributed by atoms with E-state index in [0.29, 0.717) is 13.1 Å². The fourth-order valence-electron chi connectivity index (χ4n) is 3.44. The Morgan fingerprint density at radius 2 is 2.08 bits per heavy atom. The number of aromatic nitrogens is 4. The Morgan fingerprint density at radius 3 is 2.68 bits per heavy atom. The van der Waals surface area contributed by atoms with E-state index in [1.165, 1.54) is 7.11 Å². The van der Waals surface area contributed by atoms with E-state index in [2.05, 4.69) is 33.7 Å². The Balaban J connectivity index is 1.94. The van der Waals surface area contributed by atoms with Gasteiger partial charge < -0.3 is 14.2 Å². The van der Waals surface area contributed by atoms with Crippen molar-refractivity contribution >= 4 is 11.8 Å². The number of hydrogen-bond donors (Lipinski definition) is 0. The number of hydrogen-bond acceptors (Lipinski definition) is 6. The highest BCUT2D eigenvalue weighted by Crippen LogP contribution is 2.35. The first kappa shape index (κ1) is 17.4. The van der Waals surface area contributed by atoms with Crippen molar-refractivity contribution in [3.63, 3.8) is 0 Å². The van der Waals surface area contributed by atoms with E-state index in [1.807, 2.05) is 23.9 Å². The maximum absolute atomic E-state index is 12.3. The van der Waals surface area contributed by atoms with Crippen molar-refractivity contribution in [3.05, 3.63) is 35.8 Å². The molecule has 2 aromatic heterocycles. The number of rotatable bonds is 5. The van der Waals surface area contributed by atoms with Crippen LogP contribution < -0.4 is 4.90 Å². The van der Waals surface area contributed by atoms with Crippen LogP contribution >= 0.6 is 0 Å². The first-order valence-corrected chi connectivity index (χ1v) is 8.73. The average molecular weight is 343 g/mol. The second kappa shape index (κ2) is 7.21. The summed E-state index contributed by atoms with van der Waals surface area (Å²) in [5, 5.41) is 0. The minimum absolute atomic E-state index is 0.0325. The molecule has 7 nitrogen and oxygen atoms in total. The van der Waals surface area contributed by atoms with Crippen LogP contribution in [-0.2, 0) is 29.4 Å². The zero-order chi connectivity index (χ0) is 18.0. The zero-order valence-electron chi connectivity index (χ0n) is 15.3. The summed E-state index contributed by atoms with van der Waals surface area (Å²) in [6.45, 7) is 5.44. The number of carbonyl (C=O) groups is 1. The van der Waals surface area contributed by atoms with Crippen LogP contribution in [0.2, 0.25) is 0 Å². The second-order valence-corrected chi connectivity index (χ2v) is 6.41. The molecule has 1 saturated heterocycles. The quantitative estimate of drug-likeness (QED) is 0.770. The van der Waals surface area contributed by atoms with Gasteiger partial charge in [-0.1, -0.05) is 13.8 Å². The van der Waals surface area contributed by atoms with Gasteiger partial charge >= 0.3 is 5.97 Å². The molecule has 1 aliphatic heterocycles. The molecule has 3 heterocycles. The number of aryl methyl sites for hydroxylation is 3. The van der Waals surface area contributed by atoms with Crippen LogP contribution in [0.25, 0.3) is 0 Å². The molecule has 25 heavy (non-hydrogen) atoms. The normalized spacial score (nSPS) is 20.1. The Hall–Kier alpha value is -2.44. The van der Waals surface area contributed by atoms with Gasteiger partial charge in [0, 0.05) is 56.1 Å². The van der Waals surface area contributed by atoms with E-state index in [1.54, 1.807) is 6.33 Å². The monoisotopic (exact) mass is 343 g/mol. The van der Waals surface area contributed by atoms with Crippen LogP contribution in [-0.4, -0.2) is 45.7 Å². The third-order valence-electron chi connectivity index (χ3n) is 4.87. The van der Waals surface area contributed by atoms with Crippen molar-refractivity contribution in [1.82, 2.24) is 19.5 Å². The predicted molar refractivity (Wildman–Crippen MR) is 94.5 cm³/mol. The van der Waals surface area contributed by atoms with Crippen molar-refractivity contribution in [2.45, 2.75) is 32.6 Å². The Labute approximate surface area is 148 Å². The largest absolute Gasteiger partial charge is 0.469 e. The number of imidazole rings is 1. The highest BCUT2D eigenvalue weighted by molar-refractivity contribution is 5.75. The fraction of sp³-hybridized carbons (Fsp3) is 0.556. The maximum Gasteiger partial charge on any atom is 0.311 e. The smallest absolute Gasteiger partial charge is 0.311 e. The van der Waals surface area contributed by atoms with Crippen molar-refractivity contribution in [2.75, 3.05) is 25.1 Å². The Bertz CT molecular complexity index is 735. The molecule has 0 aromatic carbocycles. The van der Waals surface area contributed by atoms with Crippen LogP contribution in [0.4, 0.5) is 5.82 Å². The maximum atomic E-state index is 12.3. The number of esters is 1. The second-order valence-electron chi connectivity index (χ2n) is 6.41. The van der Waals surface area contributed by atoms with Gasteiger partial charge in [-0.15, -0.1) is 0 Å². The topological polar surface area (TPSA) is 73.1 Å². The van der Waals surface area contributed by atoms with Gasteiger partial charge in [-0.25, -0.2) is 15.0 Å². The lowest BCUT2D eigenvalue weighted by molar-refractivity contribution is -0.145. The SMILES string of the molecule is CCc1cc(N2C[C@H](C(=O)OC)[C@@H](c3cncn3C)C2)nc(CC)n1. The average Bonchev–Trinajstić information content (AvgIpc) is 3.26. The molecule has 0 amide bonds. The highest BCUT2D eigenvalue weighted by atomic mass is 16.5. The predicted octanol–water partition coefficient (Wildman–Crippen LogP) is 1.73. The van der Waals surface area contributed by atoms with Gasteiger partial charge in [-0.2, -0.15) is 0 Å². The number of carbonyl (C=O) groups excluding carboxylic acids is 1. The van der Waals surface area contributed by atoms with Crippen molar-refractivity contribution in [2.24, 2.45) is 13.0 Å². The Kier molecular flexibility index (Phi) is 5.01. The molecule has 3 rings (SSSR count). The zero-order valence-corrected chi connectivity index (χ0v) is 15.3. The first-order valence-electron chi connectivity index (χ1n) is 8.73. The number of anilines is 1. The van der Waals surface area contributed by atoms with Gasteiger partial charge in [-0.3, -0.25) is 4.79 Å². The van der Waals surface area contributed by atoms with Gasteiger partial charge in [0.2, 0.25) is 0 Å². The molecular formula is C18H25N5O2. The van der Waals surface area contributed by atoms with Gasteiger partial charge in [0.15, 0.2) is 0 Å². The molecule has 0 radical (unpaired) electrons. The van der Waals surface area contributed by atoms with E-state index >= 15 is 0 Å². The van der Waals surface area contributed by atoms with Gasteiger partial charge in [-0.05, 0) is 6.42 Å². The van der Waals surface area contributed by atoms with E-state index in [-0.39, 0.29) is 17.8 Å². The van der Waals surface area contributed by atoms with Gasteiger partial charge in [0.25, 0.3) is 0 Å². The molecule has 2 aromatic rings. The summed E-state index contributed by atoms with van der Waals surface area (Å²) in [7, 11) is 3.40. The van der Waals surface area contributed by atoms with E-state index < -0.39 is 0 Å². The molecule has 0 bridgehead atoms. The van der Waals surface area contributed by atoms with Crippen LogP contribution in [0.3, 0.4) is 0 Å². The minimum Gasteiger partial charge on any atom is -0.469 e. The highest BCUT2D eigenvalue weighted by Gasteiger charge is 2.41. The standard InChI is InChI=1S/C18H25N5O2/c1-5-12-7-17(21-16(6-2)20-12)23-9-13(14(10-23)18(24)25-4)15-8-19-11-22(15)3/h7-8,11,13-14H,5-6,9-10H2,1-4H3/t13-,14-/m0/s1. The van der Waals surface area contributed by atoms with E-state index in [0.717, 1.165) is 35.9 Å². The molecule has 2 atom stereocenters. The first-order chi connectivity index (χ1) is 12.1. The number of nitrogens with zero attached hydrogens (tertiary/aromatic N) is 5. The van der Waals surface area contributed by atoms with E-state index in [9.17, 15) is 4.79 Å². The third-order valence-corrected chi connectivity index (χ3v) is 4.87. The molecule has 0 N–H and O–H groups in total. The summed E-state index contributed by atoms with van der Waals surface area (Å²) in [4.78, 5) is 27.9. The van der Waals surface area contributed by atoms with Crippen LogP contribution in [0.15, 0.2) is 18.6 Å². The van der Waals surface area contributed by atoms with Crippen molar-refractivity contribution in [1.29, 1.82) is 0 Å². The Morgan fingerprint density at radius 1 is 1.28 bits per heavy atom. The molecular weight excluding hydrogens is 318 g/mol. The lowest BCUT2D eigenvalue weighted by Crippen LogP contribution is -2.25. The van der Waals surface area contributed by atoms with Crippen LogP contribution in [0, 0.1) is 5.92 Å². The summed E-state index contributed by atoms with van der Waals surface area (Å²) in [5.41, 5.74) is 2.07. The van der Waals surface area contributed by atoms with Gasteiger partial charge in [0.1, 0.15) is 11.6 Å². The molecule has 1 fully saturated rings. The lowest BCUT2D eigenvalue weighted by Gasteiger charge is -2.19. The fourth-order valence-corrected chi connectivity index (χ4v) is 3.44. The van der Waals surface area contributed by atoms with Gasteiger partial charge in [0.05, 0.1) is 19.4 Å². The number of methoxy groups -OCH3 is 1. The molecule has 134 valence electrons. The summed E-state index contributed by atoms with van der Waals surface area (Å²) >= 11 is 0. The third kappa shape index (κ3) is 3.36. The molecule has 0 saturated carbocycles. The summed E-state index contributed by atoms with van der Waals surface area (Å²) in [5.74, 6) is 1.35. The molecule has 0 aliphatic carbocycles. The lowest BCUT2D eigenvalue weighted by atomic mass is 9.93. The number of ether oxygens (including phenoxy) is 1. The molecule has 7 heteroatoms.